The van der Waals surface area contributed by atoms with Crippen LogP contribution < -0.4 is 11.1 Å². The minimum absolute atomic E-state index is 0.00936. The van der Waals surface area contributed by atoms with Crippen molar-refractivity contribution in [2.75, 3.05) is 17.7 Å². The number of nitro benzene ring substituents is 1. The van der Waals surface area contributed by atoms with E-state index in [1.54, 1.807) is 0 Å². The van der Waals surface area contributed by atoms with Crippen molar-refractivity contribution < 1.29 is 23.6 Å². The van der Waals surface area contributed by atoms with Gasteiger partial charge >= 0.3 is 11.7 Å². The Labute approximate surface area is 145 Å². The average molecular weight is 368 g/mol. The molecule has 0 aliphatic heterocycles. The zero-order valence-corrected chi connectivity index (χ0v) is 13.2. The molecule has 10 heteroatoms. The van der Waals surface area contributed by atoms with Crippen molar-refractivity contribution in [1.29, 1.82) is 0 Å². The fourth-order valence-corrected chi connectivity index (χ4v) is 1.93. The predicted molar refractivity (Wildman–Crippen MR) is 87.8 cm³/mol. The van der Waals surface area contributed by atoms with Crippen LogP contribution >= 0.6 is 11.6 Å². The van der Waals surface area contributed by atoms with E-state index >= 15 is 0 Å². The smallest absolute Gasteiger partial charge is 0.338 e. The highest BCUT2D eigenvalue weighted by molar-refractivity contribution is 6.33. The number of halogens is 2. The summed E-state index contributed by atoms with van der Waals surface area (Å²) in [5.41, 5.74) is 5.05. The van der Waals surface area contributed by atoms with E-state index in [0.29, 0.717) is 0 Å². The summed E-state index contributed by atoms with van der Waals surface area (Å²) in [6.45, 7) is -0.646. The monoisotopic (exact) mass is 367 g/mol. The van der Waals surface area contributed by atoms with Crippen molar-refractivity contribution in [2.45, 2.75) is 0 Å². The van der Waals surface area contributed by atoms with Gasteiger partial charge in [0.05, 0.1) is 21.2 Å². The summed E-state index contributed by atoms with van der Waals surface area (Å²) in [6.07, 6.45) is 0. The summed E-state index contributed by atoms with van der Waals surface area (Å²) in [5.74, 6) is -2.59. The van der Waals surface area contributed by atoms with E-state index in [9.17, 15) is 24.1 Å². The molecule has 3 N–H and O–H groups in total. The third-order valence-corrected chi connectivity index (χ3v) is 3.34. The van der Waals surface area contributed by atoms with Crippen LogP contribution in [0.15, 0.2) is 36.4 Å². The highest BCUT2D eigenvalue weighted by atomic mass is 35.5. The molecule has 0 spiro atoms. The van der Waals surface area contributed by atoms with E-state index in [2.05, 4.69) is 5.32 Å². The number of rotatable bonds is 5. The van der Waals surface area contributed by atoms with Crippen molar-refractivity contribution >= 4 is 40.5 Å². The number of hydrogen-bond donors (Lipinski definition) is 2. The van der Waals surface area contributed by atoms with Crippen LogP contribution in [0.4, 0.5) is 21.5 Å². The summed E-state index contributed by atoms with van der Waals surface area (Å²) < 4.78 is 18.0. The fourth-order valence-electron chi connectivity index (χ4n) is 1.81. The van der Waals surface area contributed by atoms with Gasteiger partial charge in [-0.15, -0.1) is 0 Å². The molecule has 130 valence electrons. The van der Waals surface area contributed by atoms with E-state index in [1.807, 2.05) is 0 Å². The normalized spacial score (nSPS) is 10.2. The van der Waals surface area contributed by atoms with Gasteiger partial charge in [0.15, 0.2) is 6.61 Å². The van der Waals surface area contributed by atoms with E-state index < -0.39 is 34.9 Å². The van der Waals surface area contributed by atoms with Crippen molar-refractivity contribution in [3.63, 3.8) is 0 Å². The van der Waals surface area contributed by atoms with Crippen LogP contribution in [-0.2, 0) is 9.53 Å². The Hall–Kier alpha value is -3.20. The molecule has 0 fully saturated rings. The molecule has 0 saturated heterocycles. The first-order valence-electron chi connectivity index (χ1n) is 6.74. The molecule has 0 saturated carbocycles. The number of anilines is 2. The Kier molecular flexibility index (Phi) is 5.50. The Bertz CT molecular complexity index is 859. The molecule has 2 aromatic carbocycles. The molecule has 0 radical (unpaired) electrons. The Morgan fingerprint density at radius 1 is 1.28 bits per heavy atom. The van der Waals surface area contributed by atoms with E-state index in [1.165, 1.54) is 18.2 Å². The van der Waals surface area contributed by atoms with E-state index in [4.69, 9.17) is 22.1 Å². The van der Waals surface area contributed by atoms with Crippen molar-refractivity contribution in [2.24, 2.45) is 0 Å². The second-order valence-corrected chi connectivity index (χ2v) is 5.19. The first-order valence-corrected chi connectivity index (χ1v) is 7.11. The maximum atomic E-state index is 13.2. The first kappa shape index (κ1) is 18.1. The summed E-state index contributed by atoms with van der Waals surface area (Å²) in [7, 11) is 0. The largest absolute Gasteiger partial charge is 0.452 e. The van der Waals surface area contributed by atoms with Gasteiger partial charge in [-0.05, 0) is 30.3 Å². The topological polar surface area (TPSA) is 125 Å². The van der Waals surface area contributed by atoms with Gasteiger partial charge in [-0.3, -0.25) is 14.9 Å². The number of nitrogen functional groups attached to an aromatic ring is 1. The average Bonchev–Trinajstić information content (AvgIpc) is 2.56. The van der Waals surface area contributed by atoms with Crippen LogP contribution in [0.3, 0.4) is 0 Å². The third kappa shape index (κ3) is 4.64. The van der Waals surface area contributed by atoms with Gasteiger partial charge in [0.1, 0.15) is 0 Å². The van der Waals surface area contributed by atoms with Gasteiger partial charge < -0.3 is 15.8 Å². The molecule has 0 aromatic heterocycles. The quantitative estimate of drug-likeness (QED) is 0.362. The maximum Gasteiger partial charge on any atom is 0.338 e. The van der Waals surface area contributed by atoms with Crippen molar-refractivity contribution in [3.05, 3.63) is 62.9 Å². The Balaban J connectivity index is 1.96. The second-order valence-electron chi connectivity index (χ2n) is 4.78. The predicted octanol–water partition coefficient (Wildman–Crippen LogP) is 2.77. The number of esters is 1. The van der Waals surface area contributed by atoms with Crippen LogP contribution in [0.2, 0.25) is 5.02 Å². The fraction of sp³-hybridized carbons (Fsp3) is 0.0667. The van der Waals surface area contributed by atoms with Crippen LogP contribution in [0.1, 0.15) is 10.4 Å². The van der Waals surface area contributed by atoms with Gasteiger partial charge in [0.25, 0.3) is 5.91 Å². The lowest BCUT2D eigenvalue weighted by Crippen LogP contribution is -2.21. The number of amides is 1. The molecular weight excluding hydrogens is 357 g/mol. The second kappa shape index (κ2) is 7.58. The highest BCUT2D eigenvalue weighted by Gasteiger charge is 2.16. The summed E-state index contributed by atoms with van der Waals surface area (Å²) in [5, 5.41) is 13.2. The van der Waals surface area contributed by atoms with E-state index in [-0.39, 0.29) is 22.0 Å². The number of carbonyl (C=O) groups is 2. The zero-order valence-electron chi connectivity index (χ0n) is 12.5. The standard InChI is InChI=1S/C15H11ClFN3O5/c16-10-3-1-8(5-12(10)18)15(22)25-7-14(21)19-9-2-4-11(17)13(6-9)20(23)24/h1-6H,7,18H2,(H,19,21). The van der Waals surface area contributed by atoms with Crippen LogP contribution in [0, 0.1) is 15.9 Å². The van der Waals surface area contributed by atoms with Crippen LogP contribution in [0.5, 0.6) is 0 Å². The number of benzene rings is 2. The Morgan fingerprint density at radius 3 is 2.64 bits per heavy atom. The molecule has 0 unspecified atom stereocenters. The number of nitrogens with zero attached hydrogens (tertiary/aromatic N) is 1. The van der Waals surface area contributed by atoms with Crippen molar-refractivity contribution in [1.82, 2.24) is 0 Å². The van der Waals surface area contributed by atoms with Crippen LogP contribution in [0.25, 0.3) is 0 Å². The molecule has 0 bridgehead atoms. The number of nitro groups is 1. The molecule has 8 nitrogen and oxygen atoms in total. The zero-order chi connectivity index (χ0) is 18.6. The number of ether oxygens (including phenoxy) is 1. The lowest BCUT2D eigenvalue weighted by Gasteiger charge is -2.07. The molecule has 1 amide bonds. The lowest BCUT2D eigenvalue weighted by atomic mass is 10.2. The first-order chi connectivity index (χ1) is 11.8. The number of nitrogens with one attached hydrogen (secondary N) is 1. The van der Waals surface area contributed by atoms with Gasteiger partial charge in [0, 0.05) is 11.8 Å². The molecule has 0 atom stereocenters. The van der Waals surface area contributed by atoms with Gasteiger partial charge in [-0.25, -0.2) is 4.79 Å². The van der Waals surface area contributed by atoms with Gasteiger partial charge in [-0.1, -0.05) is 11.6 Å². The number of carbonyl (C=O) groups excluding carboxylic acids is 2. The molecule has 2 rings (SSSR count). The summed E-state index contributed by atoms with van der Waals surface area (Å²) in [6, 6.07) is 6.92. The third-order valence-electron chi connectivity index (χ3n) is 2.99. The minimum atomic E-state index is -1.03. The molecule has 0 heterocycles. The molecular formula is C15H11ClFN3O5. The molecule has 2 aromatic rings. The Morgan fingerprint density at radius 2 is 2.00 bits per heavy atom. The molecule has 0 aliphatic carbocycles. The summed E-state index contributed by atoms with van der Waals surface area (Å²) in [4.78, 5) is 33.3. The summed E-state index contributed by atoms with van der Waals surface area (Å²) >= 11 is 5.73. The van der Waals surface area contributed by atoms with E-state index in [0.717, 1.165) is 18.2 Å². The molecule has 25 heavy (non-hydrogen) atoms. The minimum Gasteiger partial charge on any atom is -0.452 e. The highest BCUT2D eigenvalue weighted by Crippen LogP contribution is 2.22. The number of nitrogens with two attached hydrogens (primary N) is 1. The van der Waals surface area contributed by atoms with Crippen molar-refractivity contribution in [3.8, 4) is 0 Å². The number of hydrogen-bond acceptors (Lipinski definition) is 6. The van der Waals surface area contributed by atoms with Gasteiger partial charge in [-0.2, -0.15) is 4.39 Å². The SMILES string of the molecule is Nc1cc(C(=O)OCC(=O)Nc2ccc(F)c([N+](=O)[O-])c2)ccc1Cl. The lowest BCUT2D eigenvalue weighted by molar-refractivity contribution is -0.387. The maximum absolute atomic E-state index is 13.2. The molecule has 0 aliphatic rings. The van der Waals surface area contributed by atoms with Crippen LogP contribution in [-0.4, -0.2) is 23.4 Å². The van der Waals surface area contributed by atoms with Gasteiger partial charge in [0.2, 0.25) is 5.82 Å².